The van der Waals surface area contributed by atoms with E-state index in [1.165, 1.54) is 0 Å². The van der Waals surface area contributed by atoms with Crippen LogP contribution in [0.1, 0.15) is 34.1 Å². The Kier molecular flexibility index (Phi) is 1.82. The van der Waals surface area contributed by atoms with Crippen molar-refractivity contribution >= 4 is 5.78 Å². The van der Waals surface area contributed by atoms with E-state index in [2.05, 4.69) is 27.7 Å². The number of ether oxygens (including phenoxy) is 1. The average molecular weight is 182 g/mol. The fraction of sp³-hybridized carbons (Fsp3) is 0.909. The Bertz CT molecular complexity index is 242. The van der Waals surface area contributed by atoms with Gasteiger partial charge in [-0.15, -0.1) is 0 Å². The van der Waals surface area contributed by atoms with Gasteiger partial charge in [0.1, 0.15) is 6.10 Å². The second-order valence-corrected chi connectivity index (χ2v) is 5.27. The van der Waals surface area contributed by atoms with E-state index >= 15 is 0 Å². The minimum atomic E-state index is -0.175. The second kappa shape index (κ2) is 2.57. The Hall–Kier alpha value is -0.370. The van der Waals surface area contributed by atoms with Crippen molar-refractivity contribution in [3.8, 4) is 0 Å². The molecule has 2 rings (SSSR count). The smallest absolute Gasteiger partial charge is 0.170 e. The van der Waals surface area contributed by atoms with Crippen LogP contribution in [0.25, 0.3) is 0 Å². The van der Waals surface area contributed by atoms with Crippen LogP contribution in [0.4, 0.5) is 0 Å². The Morgan fingerprint density at radius 1 is 1.46 bits per heavy atom. The molecule has 1 aliphatic heterocycles. The molecule has 2 fully saturated rings. The monoisotopic (exact) mass is 182 g/mol. The number of rotatable bonds is 1. The van der Waals surface area contributed by atoms with Crippen LogP contribution in [0.3, 0.4) is 0 Å². The van der Waals surface area contributed by atoms with Crippen LogP contribution in [-0.4, -0.2) is 18.0 Å². The van der Waals surface area contributed by atoms with Gasteiger partial charge in [0.05, 0.1) is 6.10 Å². The maximum Gasteiger partial charge on any atom is 0.170 e. The molecule has 2 unspecified atom stereocenters. The van der Waals surface area contributed by atoms with Gasteiger partial charge < -0.3 is 4.74 Å². The van der Waals surface area contributed by atoms with Crippen molar-refractivity contribution in [2.75, 3.05) is 0 Å². The van der Waals surface area contributed by atoms with Crippen LogP contribution in [-0.2, 0) is 9.53 Å². The molecule has 0 aromatic heterocycles. The molecule has 0 amide bonds. The van der Waals surface area contributed by atoms with E-state index < -0.39 is 0 Å². The van der Waals surface area contributed by atoms with Gasteiger partial charge in [-0.05, 0) is 18.3 Å². The number of ketones is 1. The third kappa shape index (κ3) is 1.23. The second-order valence-electron chi connectivity index (χ2n) is 5.27. The summed E-state index contributed by atoms with van der Waals surface area (Å²) in [7, 11) is 0. The summed E-state index contributed by atoms with van der Waals surface area (Å²) in [6.45, 7) is 8.53. The molecule has 74 valence electrons. The maximum absolute atomic E-state index is 11.9. The maximum atomic E-state index is 11.9. The molecule has 0 radical (unpaired) electrons. The number of fused-ring (bicyclic) bond motifs is 1. The van der Waals surface area contributed by atoms with Crippen molar-refractivity contribution in [3.05, 3.63) is 0 Å². The van der Waals surface area contributed by atoms with E-state index in [4.69, 9.17) is 4.74 Å². The van der Waals surface area contributed by atoms with Crippen LogP contribution in [0.2, 0.25) is 0 Å². The summed E-state index contributed by atoms with van der Waals surface area (Å²) >= 11 is 0. The van der Waals surface area contributed by atoms with Gasteiger partial charge in [0, 0.05) is 5.41 Å². The van der Waals surface area contributed by atoms with Crippen LogP contribution in [0, 0.1) is 17.3 Å². The molecule has 0 N–H and O–H groups in total. The topological polar surface area (TPSA) is 29.6 Å². The highest BCUT2D eigenvalue weighted by Crippen LogP contribution is 2.49. The van der Waals surface area contributed by atoms with Gasteiger partial charge in [-0.2, -0.15) is 0 Å². The number of Topliss-reactive ketones (excluding diaryl/α,β-unsaturated/α-hetero) is 1. The standard InChI is InChI=1S/C11H18O2/c1-6(2)7-5-8-9(13-8)10(12)11(7,3)4/h6-9H,5H2,1-4H3/t7-,8?,9?/m0/s1. The summed E-state index contributed by atoms with van der Waals surface area (Å²) in [5.41, 5.74) is -0.175. The Morgan fingerprint density at radius 2 is 2.08 bits per heavy atom. The number of carbonyl (C=O) groups excluding carboxylic acids is 1. The van der Waals surface area contributed by atoms with Crippen LogP contribution in [0.5, 0.6) is 0 Å². The van der Waals surface area contributed by atoms with Crippen LogP contribution < -0.4 is 0 Å². The zero-order chi connectivity index (χ0) is 9.80. The van der Waals surface area contributed by atoms with Gasteiger partial charge in [-0.3, -0.25) is 4.79 Å². The molecule has 1 saturated heterocycles. The first-order valence-electron chi connectivity index (χ1n) is 5.14. The van der Waals surface area contributed by atoms with Crippen molar-refractivity contribution in [2.24, 2.45) is 17.3 Å². The van der Waals surface area contributed by atoms with Crippen molar-refractivity contribution < 1.29 is 9.53 Å². The third-order valence-electron chi connectivity index (χ3n) is 3.69. The lowest BCUT2D eigenvalue weighted by Crippen LogP contribution is -2.43. The summed E-state index contributed by atoms with van der Waals surface area (Å²) in [4.78, 5) is 11.9. The zero-order valence-corrected chi connectivity index (χ0v) is 8.83. The molecule has 2 nitrogen and oxygen atoms in total. The van der Waals surface area contributed by atoms with Crippen molar-refractivity contribution in [1.82, 2.24) is 0 Å². The Balaban J connectivity index is 2.23. The number of epoxide rings is 1. The number of hydrogen-bond donors (Lipinski definition) is 0. The predicted molar refractivity (Wildman–Crippen MR) is 50.4 cm³/mol. The summed E-state index contributed by atoms with van der Waals surface area (Å²) in [6, 6.07) is 0. The minimum absolute atomic E-state index is 0.0509. The molecular formula is C11H18O2. The summed E-state index contributed by atoms with van der Waals surface area (Å²) in [5.74, 6) is 1.38. The molecule has 3 atom stereocenters. The highest BCUT2D eigenvalue weighted by Gasteiger charge is 2.58. The van der Waals surface area contributed by atoms with E-state index in [0.29, 0.717) is 17.6 Å². The van der Waals surface area contributed by atoms with Crippen molar-refractivity contribution in [2.45, 2.75) is 46.3 Å². The quantitative estimate of drug-likeness (QED) is 0.581. The molecular weight excluding hydrogens is 164 g/mol. The van der Waals surface area contributed by atoms with Crippen molar-refractivity contribution in [1.29, 1.82) is 0 Å². The van der Waals surface area contributed by atoms with Gasteiger partial charge in [0.2, 0.25) is 0 Å². The van der Waals surface area contributed by atoms with E-state index in [-0.39, 0.29) is 17.6 Å². The molecule has 1 heterocycles. The summed E-state index contributed by atoms with van der Waals surface area (Å²) in [5, 5.41) is 0. The SMILES string of the molecule is CC(C)[C@@H]1CC2OC2C(=O)C1(C)C. The van der Waals surface area contributed by atoms with Crippen molar-refractivity contribution in [3.63, 3.8) is 0 Å². The lowest BCUT2D eigenvalue weighted by Gasteiger charge is -2.37. The minimum Gasteiger partial charge on any atom is -0.361 e. The molecule has 1 aliphatic carbocycles. The van der Waals surface area contributed by atoms with Gasteiger partial charge >= 0.3 is 0 Å². The fourth-order valence-corrected chi connectivity index (χ4v) is 2.75. The summed E-state index contributed by atoms with van der Waals surface area (Å²) < 4.78 is 5.36. The number of carbonyl (C=O) groups is 1. The largest absolute Gasteiger partial charge is 0.361 e. The molecule has 13 heavy (non-hydrogen) atoms. The van der Waals surface area contributed by atoms with Gasteiger partial charge in [-0.1, -0.05) is 27.7 Å². The van der Waals surface area contributed by atoms with Gasteiger partial charge in [-0.25, -0.2) is 0 Å². The Morgan fingerprint density at radius 3 is 2.62 bits per heavy atom. The van der Waals surface area contributed by atoms with E-state index in [1.54, 1.807) is 0 Å². The molecule has 2 aliphatic rings. The van der Waals surface area contributed by atoms with Gasteiger partial charge in [0.25, 0.3) is 0 Å². The first-order chi connectivity index (χ1) is 5.94. The molecule has 0 bridgehead atoms. The predicted octanol–water partition coefficient (Wildman–Crippen LogP) is 2.02. The fourth-order valence-electron chi connectivity index (χ4n) is 2.75. The van der Waals surface area contributed by atoms with Crippen LogP contribution >= 0.6 is 0 Å². The molecule has 0 aromatic rings. The molecule has 0 aromatic carbocycles. The average Bonchev–Trinajstić information content (AvgIpc) is 2.75. The first-order valence-corrected chi connectivity index (χ1v) is 5.14. The third-order valence-corrected chi connectivity index (χ3v) is 3.69. The zero-order valence-electron chi connectivity index (χ0n) is 8.83. The Labute approximate surface area is 79.7 Å². The number of hydrogen-bond acceptors (Lipinski definition) is 2. The van der Waals surface area contributed by atoms with E-state index in [0.717, 1.165) is 6.42 Å². The first kappa shape index (κ1) is 9.20. The lowest BCUT2D eigenvalue weighted by atomic mass is 9.64. The highest BCUT2D eigenvalue weighted by atomic mass is 16.6. The van der Waals surface area contributed by atoms with E-state index in [1.807, 2.05) is 0 Å². The lowest BCUT2D eigenvalue weighted by molar-refractivity contribution is -0.133. The highest BCUT2D eigenvalue weighted by molar-refractivity contribution is 5.92. The molecule has 1 saturated carbocycles. The van der Waals surface area contributed by atoms with Crippen LogP contribution in [0.15, 0.2) is 0 Å². The normalized spacial score (nSPS) is 41.9. The summed E-state index contributed by atoms with van der Waals surface area (Å²) in [6.07, 6.45) is 1.28. The molecule has 0 spiro atoms. The van der Waals surface area contributed by atoms with Gasteiger partial charge in [0.15, 0.2) is 5.78 Å². The van der Waals surface area contributed by atoms with E-state index in [9.17, 15) is 4.79 Å². The molecule has 2 heteroatoms.